The highest BCUT2D eigenvalue weighted by Gasteiger charge is 2.55. The molecular weight excluding hydrogens is 228 g/mol. The number of aliphatic hydroxyl groups excluding tert-OH is 3. The van der Waals surface area contributed by atoms with Gasteiger partial charge in [0.15, 0.2) is 0 Å². The molecule has 2 aliphatic rings. The van der Waals surface area contributed by atoms with E-state index in [0.29, 0.717) is 6.42 Å². The molecule has 0 amide bonds. The molecule has 0 saturated heterocycles. The Morgan fingerprint density at radius 3 is 2.44 bits per heavy atom. The average Bonchev–Trinajstić information content (AvgIpc) is 2.28. The van der Waals surface area contributed by atoms with E-state index in [9.17, 15) is 15.3 Å². The van der Waals surface area contributed by atoms with Gasteiger partial charge >= 0.3 is 0 Å². The Balaban J connectivity index is 2.50. The third kappa shape index (κ3) is 1.84. The highest BCUT2D eigenvalue weighted by atomic mass is 16.3. The molecule has 1 saturated carbocycles. The topological polar surface area (TPSA) is 60.7 Å². The molecule has 0 unspecified atom stereocenters. The van der Waals surface area contributed by atoms with Gasteiger partial charge in [-0.3, -0.25) is 0 Å². The molecule has 2 aliphatic carbocycles. The molecule has 4 atom stereocenters. The maximum atomic E-state index is 10.5. The fourth-order valence-electron chi connectivity index (χ4n) is 4.70. The minimum Gasteiger partial charge on any atom is -0.396 e. The summed E-state index contributed by atoms with van der Waals surface area (Å²) < 4.78 is 0. The Morgan fingerprint density at radius 2 is 1.89 bits per heavy atom. The van der Waals surface area contributed by atoms with Crippen LogP contribution in [0.1, 0.15) is 46.5 Å². The van der Waals surface area contributed by atoms with Crippen molar-refractivity contribution in [3.63, 3.8) is 0 Å². The van der Waals surface area contributed by atoms with Crippen LogP contribution in [0.5, 0.6) is 0 Å². The summed E-state index contributed by atoms with van der Waals surface area (Å²) in [6, 6.07) is 0. The number of hydrogen-bond acceptors (Lipinski definition) is 3. The zero-order valence-corrected chi connectivity index (χ0v) is 11.7. The average molecular weight is 254 g/mol. The standard InChI is InChI=1S/C15H26O3/c1-10-7-12(18)13-14(2,9-17)5-4-6-15(13,3)11(10)8-16/h12-13,16-18H,4-9H2,1-3H3/t12-,13-,14+,15+/m0/s1. The van der Waals surface area contributed by atoms with Crippen LogP contribution in [0.2, 0.25) is 0 Å². The normalized spacial score (nSPS) is 45.0. The quantitative estimate of drug-likeness (QED) is 0.659. The Bertz CT molecular complexity index is 363. The molecule has 18 heavy (non-hydrogen) atoms. The molecule has 0 aromatic heterocycles. The summed E-state index contributed by atoms with van der Waals surface area (Å²) in [6.07, 6.45) is 3.23. The van der Waals surface area contributed by atoms with Crippen LogP contribution in [0.15, 0.2) is 11.1 Å². The zero-order valence-electron chi connectivity index (χ0n) is 11.7. The van der Waals surface area contributed by atoms with Gasteiger partial charge in [0.25, 0.3) is 0 Å². The smallest absolute Gasteiger partial charge is 0.0649 e. The lowest BCUT2D eigenvalue weighted by molar-refractivity contribution is -0.104. The first-order chi connectivity index (χ1) is 8.39. The molecule has 2 rings (SSSR count). The Kier molecular flexibility index (Phi) is 3.60. The van der Waals surface area contributed by atoms with Crippen LogP contribution < -0.4 is 0 Å². The maximum Gasteiger partial charge on any atom is 0.0649 e. The fraction of sp³-hybridized carbons (Fsp3) is 0.867. The monoisotopic (exact) mass is 254 g/mol. The van der Waals surface area contributed by atoms with Gasteiger partial charge in [0.1, 0.15) is 0 Å². The van der Waals surface area contributed by atoms with Crippen molar-refractivity contribution in [1.29, 1.82) is 0 Å². The van der Waals surface area contributed by atoms with Gasteiger partial charge in [0.05, 0.1) is 12.7 Å². The van der Waals surface area contributed by atoms with Crippen molar-refractivity contribution in [1.82, 2.24) is 0 Å². The molecule has 0 spiro atoms. The van der Waals surface area contributed by atoms with Crippen LogP contribution >= 0.6 is 0 Å². The van der Waals surface area contributed by atoms with Crippen LogP contribution in [0.25, 0.3) is 0 Å². The Morgan fingerprint density at radius 1 is 1.22 bits per heavy atom. The molecule has 0 aliphatic heterocycles. The van der Waals surface area contributed by atoms with Gasteiger partial charge in [-0.15, -0.1) is 0 Å². The predicted molar refractivity (Wildman–Crippen MR) is 71.1 cm³/mol. The van der Waals surface area contributed by atoms with E-state index in [2.05, 4.69) is 13.8 Å². The van der Waals surface area contributed by atoms with Crippen molar-refractivity contribution in [2.75, 3.05) is 13.2 Å². The van der Waals surface area contributed by atoms with E-state index in [-0.39, 0.29) is 30.0 Å². The largest absolute Gasteiger partial charge is 0.396 e. The maximum absolute atomic E-state index is 10.5. The van der Waals surface area contributed by atoms with Gasteiger partial charge in [-0.2, -0.15) is 0 Å². The highest BCUT2D eigenvalue weighted by molar-refractivity contribution is 5.29. The second-order valence-electron chi connectivity index (χ2n) is 6.75. The number of rotatable bonds is 2. The molecule has 3 heteroatoms. The van der Waals surface area contributed by atoms with E-state index in [1.807, 2.05) is 6.92 Å². The molecule has 3 N–H and O–H groups in total. The van der Waals surface area contributed by atoms with Crippen LogP contribution in [-0.4, -0.2) is 34.6 Å². The van der Waals surface area contributed by atoms with Crippen LogP contribution in [0.4, 0.5) is 0 Å². The third-order valence-corrected chi connectivity index (χ3v) is 5.51. The van der Waals surface area contributed by atoms with Gasteiger partial charge in [0, 0.05) is 12.5 Å². The van der Waals surface area contributed by atoms with E-state index in [4.69, 9.17) is 0 Å². The molecule has 0 bridgehead atoms. The summed E-state index contributed by atoms with van der Waals surface area (Å²) >= 11 is 0. The summed E-state index contributed by atoms with van der Waals surface area (Å²) in [4.78, 5) is 0. The lowest BCUT2D eigenvalue weighted by Gasteiger charge is -2.57. The number of fused-ring (bicyclic) bond motifs is 1. The Hall–Kier alpha value is -0.380. The summed E-state index contributed by atoms with van der Waals surface area (Å²) in [5, 5.41) is 29.9. The lowest BCUT2D eigenvalue weighted by atomic mass is 9.49. The van der Waals surface area contributed by atoms with Crippen molar-refractivity contribution in [2.24, 2.45) is 16.7 Å². The van der Waals surface area contributed by atoms with Crippen molar-refractivity contribution in [2.45, 2.75) is 52.6 Å². The summed E-state index contributed by atoms with van der Waals surface area (Å²) in [5.74, 6) is 0.0506. The summed E-state index contributed by atoms with van der Waals surface area (Å²) in [6.45, 7) is 6.44. The van der Waals surface area contributed by atoms with Gasteiger partial charge in [-0.1, -0.05) is 25.8 Å². The van der Waals surface area contributed by atoms with Gasteiger partial charge < -0.3 is 15.3 Å². The second-order valence-corrected chi connectivity index (χ2v) is 6.75. The number of aliphatic hydroxyl groups is 3. The summed E-state index contributed by atoms with van der Waals surface area (Å²) in [7, 11) is 0. The van der Waals surface area contributed by atoms with Crippen LogP contribution in [-0.2, 0) is 0 Å². The fourth-order valence-corrected chi connectivity index (χ4v) is 4.70. The van der Waals surface area contributed by atoms with Gasteiger partial charge in [-0.05, 0) is 42.6 Å². The van der Waals surface area contributed by atoms with E-state index in [0.717, 1.165) is 30.4 Å². The zero-order chi connectivity index (χ0) is 13.6. The number of hydrogen-bond donors (Lipinski definition) is 3. The first-order valence-electron chi connectivity index (χ1n) is 6.98. The minimum atomic E-state index is -0.400. The second kappa shape index (κ2) is 4.62. The van der Waals surface area contributed by atoms with E-state index < -0.39 is 6.10 Å². The van der Waals surface area contributed by atoms with Crippen molar-refractivity contribution >= 4 is 0 Å². The first-order valence-corrected chi connectivity index (χ1v) is 6.98. The molecule has 0 heterocycles. The van der Waals surface area contributed by atoms with Crippen molar-refractivity contribution < 1.29 is 15.3 Å². The third-order valence-electron chi connectivity index (χ3n) is 5.51. The van der Waals surface area contributed by atoms with Crippen LogP contribution in [0, 0.1) is 16.7 Å². The molecular formula is C15H26O3. The minimum absolute atomic E-state index is 0.0506. The van der Waals surface area contributed by atoms with E-state index in [1.165, 1.54) is 0 Å². The Labute approximate surface area is 110 Å². The van der Waals surface area contributed by atoms with Crippen molar-refractivity contribution in [3.8, 4) is 0 Å². The molecule has 104 valence electrons. The van der Waals surface area contributed by atoms with E-state index >= 15 is 0 Å². The van der Waals surface area contributed by atoms with Crippen LogP contribution in [0.3, 0.4) is 0 Å². The lowest BCUT2D eigenvalue weighted by Crippen LogP contribution is -2.54. The molecule has 1 fully saturated rings. The molecule has 0 radical (unpaired) electrons. The molecule has 0 aromatic rings. The van der Waals surface area contributed by atoms with Gasteiger partial charge in [-0.25, -0.2) is 0 Å². The first kappa shape index (κ1) is 14.0. The predicted octanol–water partition coefficient (Wildman–Crippen LogP) is 1.86. The SMILES string of the molecule is CC1=C(CO)[C@@]2(C)CCC[C@](C)(CO)[C@@H]2[C@@H](O)C1. The van der Waals surface area contributed by atoms with Gasteiger partial charge in [0.2, 0.25) is 0 Å². The molecule has 3 nitrogen and oxygen atoms in total. The summed E-state index contributed by atoms with van der Waals surface area (Å²) in [5.41, 5.74) is 1.84. The highest BCUT2D eigenvalue weighted by Crippen LogP contribution is 2.59. The van der Waals surface area contributed by atoms with Crippen molar-refractivity contribution in [3.05, 3.63) is 11.1 Å². The van der Waals surface area contributed by atoms with E-state index in [1.54, 1.807) is 0 Å². The molecule has 0 aromatic carbocycles.